The molecule has 0 aromatic carbocycles. The maximum absolute atomic E-state index is 5.69. The van der Waals surface area contributed by atoms with E-state index in [-0.39, 0.29) is 5.60 Å². The van der Waals surface area contributed by atoms with E-state index in [9.17, 15) is 0 Å². The van der Waals surface area contributed by atoms with Crippen molar-refractivity contribution in [2.75, 3.05) is 14.2 Å². The Kier molecular flexibility index (Phi) is 2.91. The highest BCUT2D eigenvalue weighted by Crippen LogP contribution is 2.45. The molecular weight excluding hydrogens is 194 g/mol. The van der Waals surface area contributed by atoms with Gasteiger partial charge >= 0.3 is 0 Å². The molecule has 1 heterocycles. The van der Waals surface area contributed by atoms with Gasteiger partial charge in [0, 0.05) is 12.0 Å². The summed E-state index contributed by atoms with van der Waals surface area (Å²) < 4.78 is 5.69. The second-order valence-electron chi connectivity index (χ2n) is 3.86. The maximum Gasteiger partial charge on any atom is 0.0880 e. The van der Waals surface area contributed by atoms with Crippen LogP contribution in [-0.4, -0.2) is 19.8 Å². The lowest BCUT2D eigenvalue weighted by Gasteiger charge is -2.46. The lowest BCUT2D eigenvalue weighted by atomic mass is 9.74. The Morgan fingerprint density at radius 3 is 2.71 bits per heavy atom. The summed E-state index contributed by atoms with van der Waals surface area (Å²) >= 11 is 1.80. The summed E-state index contributed by atoms with van der Waals surface area (Å²) in [6, 6.07) is 4.65. The van der Waals surface area contributed by atoms with Crippen LogP contribution in [0.15, 0.2) is 17.5 Å². The molecular formula is C11H17NOS. The molecule has 3 heteroatoms. The monoisotopic (exact) mass is 211 g/mol. The lowest BCUT2D eigenvalue weighted by molar-refractivity contribution is -0.0975. The average Bonchev–Trinajstić information content (AvgIpc) is 2.63. The van der Waals surface area contributed by atoms with E-state index >= 15 is 0 Å². The highest BCUT2D eigenvalue weighted by Gasteiger charge is 2.44. The van der Waals surface area contributed by atoms with E-state index in [1.165, 1.54) is 24.1 Å². The van der Waals surface area contributed by atoms with Gasteiger partial charge in [0.15, 0.2) is 0 Å². The Bertz CT molecular complexity index is 274. The Balaban J connectivity index is 2.20. The van der Waals surface area contributed by atoms with Gasteiger partial charge in [-0.25, -0.2) is 0 Å². The first kappa shape index (κ1) is 10.1. The summed E-state index contributed by atoms with van der Waals surface area (Å²) in [6.07, 6.45) is 3.64. The first-order chi connectivity index (χ1) is 6.82. The molecule has 1 aliphatic carbocycles. The van der Waals surface area contributed by atoms with Crippen LogP contribution in [0, 0.1) is 0 Å². The van der Waals surface area contributed by atoms with Crippen LogP contribution in [0.1, 0.15) is 30.2 Å². The summed E-state index contributed by atoms with van der Waals surface area (Å²) in [6.45, 7) is 0. The molecule has 1 aromatic rings. The van der Waals surface area contributed by atoms with E-state index in [4.69, 9.17) is 4.74 Å². The molecule has 0 spiro atoms. The molecule has 0 saturated heterocycles. The number of hydrogen-bond donors (Lipinski definition) is 1. The average molecular weight is 211 g/mol. The van der Waals surface area contributed by atoms with Gasteiger partial charge in [-0.15, -0.1) is 11.3 Å². The van der Waals surface area contributed by atoms with Gasteiger partial charge in [0.25, 0.3) is 0 Å². The summed E-state index contributed by atoms with van der Waals surface area (Å²) in [5, 5.41) is 5.51. The van der Waals surface area contributed by atoms with Crippen LogP contribution in [0.4, 0.5) is 0 Å². The fourth-order valence-corrected chi connectivity index (χ4v) is 3.20. The van der Waals surface area contributed by atoms with Crippen molar-refractivity contribution in [3.8, 4) is 0 Å². The SMILES string of the molecule is CNC(c1cccs1)C1(OC)CCC1. The number of ether oxygens (including phenoxy) is 1. The number of methoxy groups -OCH3 is 1. The van der Waals surface area contributed by atoms with E-state index in [0.29, 0.717) is 6.04 Å². The molecule has 2 rings (SSSR count). The van der Waals surface area contributed by atoms with Crippen LogP contribution >= 0.6 is 11.3 Å². The zero-order chi connectivity index (χ0) is 10.0. The van der Waals surface area contributed by atoms with Gasteiger partial charge in [-0.05, 0) is 37.8 Å². The molecule has 1 unspecified atom stereocenters. The second-order valence-corrected chi connectivity index (χ2v) is 4.84. The van der Waals surface area contributed by atoms with Gasteiger partial charge in [-0.1, -0.05) is 6.07 Å². The largest absolute Gasteiger partial charge is 0.376 e. The van der Waals surface area contributed by atoms with Crippen LogP contribution in [0.2, 0.25) is 0 Å². The van der Waals surface area contributed by atoms with E-state index in [0.717, 1.165) is 0 Å². The minimum absolute atomic E-state index is 0.0552. The van der Waals surface area contributed by atoms with Gasteiger partial charge in [-0.3, -0.25) is 0 Å². The summed E-state index contributed by atoms with van der Waals surface area (Å²) in [5.74, 6) is 0. The van der Waals surface area contributed by atoms with Crippen molar-refractivity contribution in [1.82, 2.24) is 5.32 Å². The van der Waals surface area contributed by atoms with E-state index in [1.807, 2.05) is 14.2 Å². The number of hydrogen-bond acceptors (Lipinski definition) is 3. The third-order valence-electron chi connectivity index (χ3n) is 3.25. The molecule has 14 heavy (non-hydrogen) atoms. The molecule has 78 valence electrons. The van der Waals surface area contributed by atoms with Crippen molar-refractivity contribution < 1.29 is 4.74 Å². The van der Waals surface area contributed by atoms with Gasteiger partial charge in [-0.2, -0.15) is 0 Å². The van der Waals surface area contributed by atoms with Gasteiger partial charge in [0.05, 0.1) is 11.6 Å². The third kappa shape index (κ3) is 1.49. The van der Waals surface area contributed by atoms with Crippen LogP contribution < -0.4 is 5.32 Å². The fourth-order valence-electron chi connectivity index (χ4n) is 2.26. The van der Waals surface area contributed by atoms with Crippen molar-refractivity contribution >= 4 is 11.3 Å². The standard InChI is InChI=1S/C11H17NOS/c1-12-10(9-5-3-8-14-9)11(13-2)6-4-7-11/h3,5,8,10,12H,4,6-7H2,1-2H3. The van der Waals surface area contributed by atoms with Crippen LogP contribution in [-0.2, 0) is 4.74 Å². The molecule has 1 saturated carbocycles. The highest BCUT2D eigenvalue weighted by molar-refractivity contribution is 7.10. The van der Waals surface area contributed by atoms with Gasteiger partial charge in [0.1, 0.15) is 0 Å². The molecule has 0 amide bonds. The molecule has 2 nitrogen and oxygen atoms in total. The van der Waals surface area contributed by atoms with Crippen molar-refractivity contribution in [1.29, 1.82) is 0 Å². The summed E-state index contributed by atoms with van der Waals surface area (Å²) in [4.78, 5) is 1.38. The Morgan fingerprint density at radius 2 is 2.36 bits per heavy atom. The first-order valence-electron chi connectivity index (χ1n) is 5.08. The minimum atomic E-state index is 0.0552. The predicted octanol–water partition coefficient (Wildman–Crippen LogP) is 2.58. The third-order valence-corrected chi connectivity index (χ3v) is 4.19. The molecule has 0 bridgehead atoms. The molecule has 1 N–H and O–H groups in total. The van der Waals surface area contributed by atoms with Crippen molar-refractivity contribution in [2.24, 2.45) is 0 Å². The highest BCUT2D eigenvalue weighted by atomic mass is 32.1. The Hall–Kier alpha value is -0.380. The van der Waals surface area contributed by atoms with Gasteiger partial charge < -0.3 is 10.1 Å². The molecule has 1 aliphatic rings. The summed E-state index contributed by atoms with van der Waals surface area (Å²) in [5.41, 5.74) is 0.0552. The second kappa shape index (κ2) is 4.01. The van der Waals surface area contributed by atoms with Crippen molar-refractivity contribution in [2.45, 2.75) is 30.9 Å². The quantitative estimate of drug-likeness (QED) is 0.826. The van der Waals surface area contributed by atoms with Crippen LogP contribution in [0.5, 0.6) is 0 Å². The number of likely N-dealkylation sites (N-methyl/N-ethyl adjacent to an activating group) is 1. The van der Waals surface area contributed by atoms with E-state index in [1.54, 1.807) is 11.3 Å². The number of thiophene rings is 1. The first-order valence-corrected chi connectivity index (χ1v) is 5.96. The normalized spacial score (nSPS) is 21.6. The Labute approximate surface area is 89.3 Å². The van der Waals surface area contributed by atoms with Gasteiger partial charge in [0.2, 0.25) is 0 Å². The Morgan fingerprint density at radius 1 is 1.57 bits per heavy atom. The minimum Gasteiger partial charge on any atom is -0.376 e. The topological polar surface area (TPSA) is 21.3 Å². The molecule has 0 radical (unpaired) electrons. The smallest absolute Gasteiger partial charge is 0.0880 e. The predicted molar refractivity (Wildman–Crippen MR) is 59.7 cm³/mol. The van der Waals surface area contributed by atoms with E-state index in [2.05, 4.69) is 22.8 Å². The molecule has 1 aromatic heterocycles. The summed E-state index contributed by atoms with van der Waals surface area (Å²) in [7, 11) is 3.85. The van der Waals surface area contributed by atoms with Crippen LogP contribution in [0.25, 0.3) is 0 Å². The van der Waals surface area contributed by atoms with Crippen LogP contribution in [0.3, 0.4) is 0 Å². The lowest BCUT2D eigenvalue weighted by Crippen LogP contribution is -2.49. The zero-order valence-electron chi connectivity index (χ0n) is 8.75. The van der Waals surface area contributed by atoms with Crippen molar-refractivity contribution in [3.05, 3.63) is 22.4 Å². The van der Waals surface area contributed by atoms with E-state index < -0.39 is 0 Å². The molecule has 0 aliphatic heterocycles. The fraction of sp³-hybridized carbons (Fsp3) is 0.636. The zero-order valence-corrected chi connectivity index (χ0v) is 9.56. The maximum atomic E-state index is 5.69. The molecule has 1 atom stereocenters. The number of nitrogens with one attached hydrogen (secondary N) is 1. The number of rotatable bonds is 4. The van der Waals surface area contributed by atoms with Crippen molar-refractivity contribution in [3.63, 3.8) is 0 Å². The molecule has 1 fully saturated rings.